The molecule has 2 fully saturated rings. The van der Waals surface area contributed by atoms with E-state index in [2.05, 4.69) is 48.1 Å². The van der Waals surface area contributed by atoms with Crippen LogP contribution in [0.3, 0.4) is 0 Å². The molecule has 13 nitrogen and oxygen atoms in total. The maximum Gasteiger partial charge on any atom is 0.419 e. The highest BCUT2D eigenvalue weighted by molar-refractivity contribution is 6.05. The summed E-state index contributed by atoms with van der Waals surface area (Å²) in [5.41, 5.74) is 1.61. The molecule has 0 unspecified atom stereocenters. The molecule has 0 bridgehead atoms. The summed E-state index contributed by atoms with van der Waals surface area (Å²) in [6.07, 6.45) is -0.234. The highest BCUT2D eigenvalue weighted by Gasteiger charge is 2.35. The lowest BCUT2D eigenvalue weighted by Crippen LogP contribution is -2.50. The first-order valence-corrected chi connectivity index (χ1v) is 17.1. The lowest BCUT2D eigenvalue weighted by molar-refractivity contribution is -0.137. The van der Waals surface area contributed by atoms with Gasteiger partial charge >= 0.3 is 12.2 Å². The normalized spacial score (nSPS) is 15.3. The average Bonchev–Trinajstić information content (AvgIpc) is 3.14. The Morgan fingerprint density at radius 1 is 0.981 bits per heavy atom. The number of piperidine rings is 1. The van der Waals surface area contributed by atoms with E-state index in [1.165, 1.54) is 37.3 Å². The maximum absolute atomic E-state index is 14.0. The lowest BCUT2D eigenvalue weighted by atomic mass is 10.0. The lowest BCUT2D eigenvalue weighted by Gasteiger charge is -2.38. The number of aromatic nitrogens is 2. The maximum atomic E-state index is 14.0. The van der Waals surface area contributed by atoms with E-state index in [1.807, 2.05) is 24.3 Å². The first kappa shape index (κ1) is 36.9. The molecule has 4 aromatic rings. The van der Waals surface area contributed by atoms with E-state index in [0.29, 0.717) is 36.4 Å². The molecule has 0 radical (unpaired) electrons. The molecule has 6 rings (SSSR count). The number of hydrogen-bond donors (Lipinski definition) is 4. The van der Waals surface area contributed by atoms with Crippen LogP contribution in [0.15, 0.2) is 73.1 Å². The molecule has 0 aliphatic carbocycles. The predicted molar refractivity (Wildman–Crippen MR) is 195 cm³/mol. The van der Waals surface area contributed by atoms with Gasteiger partial charge in [0.25, 0.3) is 5.91 Å². The average molecular weight is 732 g/mol. The first-order valence-electron chi connectivity index (χ1n) is 17.1. The summed E-state index contributed by atoms with van der Waals surface area (Å²) in [5.74, 6) is 0.408. The second kappa shape index (κ2) is 15.8. The number of halogens is 3. The zero-order chi connectivity index (χ0) is 37.7. The summed E-state index contributed by atoms with van der Waals surface area (Å²) in [6, 6.07) is 16.8. The number of para-hydroxylation sites is 1. The monoisotopic (exact) mass is 731 g/mol. The Bertz CT molecular complexity index is 1990. The van der Waals surface area contributed by atoms with Crippen LogP contribution in [0.25, 0.3) is 0 Å². The fraction of sp³-hybridized carbons (Fsp3) is 0.324. The third-order valence-electron chi connectivity index (χ3n) is 9.35. The van der Waals surface area contributed by atoms with Gasteiger partial charge in [0, 0.05) is 75.9 Å². The molecule has 2 aromatic heterocycles. The Balaban J connectivity index is 1.11. The Labute approximate surface area is 304 Å². The van der Waals surface area contributed by atoms with Crippen LogP contribution in [0.5, 0.6) is 5.75 Å². The number of urea groups is 1. The van der Waals surface area contributed by atoms with E-state index in [4.69, 9.17) is 4.74 Å². The van der Waals surface area contributed by atoms with Gasteiger partial charge in [0.15, 0.2) is 0 Å². The van der Waals surface area contributed by atoms with Crippen LogP contribution in [0.1, 0.15) is 40.7 Å². The number of rotatable bonds is 11. The summed E-state index contributed by atoms with van der Waals surface area (Å²) >= 11 is 0. The van der Waals surface area contributed by atoms with E-state index in [9.17, 15) is 27.6 Å². The topological polar surface area (TPSA) is 144 Å². The number of methoxy groups -OCH3 is 1. The van der Waals surface area contributed by atoms with E-state index < -0.39 is 23.7 Å². The van der Waals surface area contributed by atoms with E-state index in [0.717, 1.165) is 43.4 Å². The number of pyridine rings is 2. The fourth-order valence-electron chi connectivity index (χ4n) is 6.51. The van der Waals surface area contributed by atoms with Gasteiger partial charge in [-0.1, -0.05) is 12.1 Å². The largest absolute Gasteiger partial charge is 0.494 e. The molecule has 0 saturated carbocycles. The van der Waals surface area contributed by atoms with Crippen molar-refractivity contribution in [2.24, 2.45) is 0 Å². The number of ether oxygens (including phenoxy) is 1. The molecular weight excluding hydrogens is 691 g/mol. The van der Waals surface area contributed by atoms with Crippen LogP contribution in [0.2, 0.25) is 0 Å². The summed E-state index contributed by atoms with van der Waals surface area (Å²) < 4.78 is 47.7. The molecule has 0 spiro atoms. The van der Waals surface area contributed by atoms with Gasteiger partial charge in [-0.2, -0.15) is 13.2 Å². The summed E-state index contributed by atoms with van der Waals surface area (Å²) in [5, 5.41) is 10.7. The molecule has 2 saturated heterocycles. The van der Waals surface area contributed by atoms with Crippen molar-refractivity contribution in [3.05, 3.63) is 89.7 Å². The van der Waals surface area contributed by atoms with Gasteiger partial charge in [-0.05, 0) is 61.9 Å². The first-order chi connectivity index (χ1) is 25.4. The Hall–Kier alpha value is -5.90. The number of anilines is 6. The Morgan fingerprint density at radius 2 is 1.75 bits per heavy atom. The van der Waals surface area contributed by atoms with Gasteiger partial charge in [0.2, 0.25) is 5.91 Å². The van der Waals surface area contributed by atoms with Gasteiger partial charge in [0.05, 0.1) is 35.3 Å². The number of carbonyl (C=O) groups excluding carboxylic acids is 3. The number of carbonyl (C=O) groups is 3. The van der Waals surface area contributed by atoms with Gasteiger partial charge < -0.3 is 25.6 Å². The summed E-state index contributed by atoms with van der Waals surface area (Å²) in [6.45, 7) is 2.54. The van der Waals surface area contributed by atoms with Crippen molar-refractivity contribution in [1.82, 2.24) is 25.5 Å². The van der Waals surface area contributed by atoms with Gasteiger partial charge in [-0.3, -0.25) is 24.7 Å². The fourth-order valence-corrected chi connectivity index (χ4v) is 6.51. The van der Waals surface area contributed by atoms with Crippen molar-refractivity contribution in [3.8, 4) is 5.75 Å². The van der Waals surface area contributed by atoms with Gasteiger partial charge in [0.1, 0.15) is 17.4 Å². The second-order valence-corrected chi connectivity index (χ2v) is 12.8. The molecular formula is C37H40F3N9O4. The highest BCUT2D eigenvalue weighted by Crippen LogP contribution is 2.39. The molecule has 0 atom stereocenters. The van der Waals surface area contributed by atoms with Crippen LogP contribution >= 0.6 is 0 Å². The van der Waals surface area contributed by atoms with E-state index >= 15 is 0 Å². The Morgan fingerprint density at radius 3 is 2.47 bits per heavy atom. The molecule has 2 aliphatic rings. The highest BCUT2D eigenvalue weighted by atomic mass is 19.4. The van der Waals surface area contributed by atoms with E-state index in [1.54, 1.807) is 24.4 Å². The third kappa shape index (κ3) is 8.60. The van der Waals surface area contributed by atoms with Crippen LogP contribution in [0.4, 0.5) is 52.4 Å². The standard InChI is InChI=1S/C37H40F3N9O4/c1-41-35(51)26-6-4-5-7-28(26)44-30-20-32(43-21-27(30)37(38,39)40)45-29-9-8-25(19-31(29)53-3)48-15-11-24(12-16-48)47(2)22-23-10-14-42-33(18-23)49-17-13-34(50)46-36(49)52/h4-10,14,18-21,24H,11-13,15-17,22H2,1-3H3,(H,41,51)(H2,43,44,45)(H,46,50,52). The van der Waals surface area contributed by atoms with Crippen LogP contribution in [-0.4, -0.2) is 79.6 Å². The minimum absolute atomic E-state index is 0.142. The summed E-state index contributed by atoms with van der Waals surface area (Å²) in [7, 11) is 5.05. The number of benzene rings is 2. The third-order valence-corrected chi connectivity index (χ3v) is 9.35. The molecule has 4 amide bonds. The molecule has 53 heavy (non-hydrogen) atoms. The van der Waals surface area contributed by atoms with Crippen molar-refractivity contribution in [3.63, 3.8) is 0 Å². The second-order valence-electron chi connectivity index (χ2n) is 12.8. The van der Waals surface area contributed by atoms with Crippen molar-refractivity contribution < 1.29 is 32.3 Å². The van der Waals surface area contributed by atoms with Crippen LogP contribution in [-0.2, 0) is 17.5 Å². The molecule has 16 heteroatoms. The van der Waals surface area contributed by atoms with Crippen molar-refractivity contribution in [1.29, 1.82) is 0 Å². The van der Waals surface area contributed by atoms with Crippen LogP contribution in [0, 0.1) is 0 Å². The molecule has 278 valence electrons. The number of nitrogens with one attached hydrogen (secondary N) is 4. The number of amides is 4. The van der Waals surface area contributed by atoms with Crippen molar-refractivity contribution in [2.45, 2.75) is 38.0 Å². The minimum Gasteiger partial charge on any atom is -0.494 e. The van der Waals surface area contributed by atoms with Gasteiger partial charge in [-0.15, -0.1) is 0 Å². The molecule has 2 aliphatic heterocycles. The predicted octanol–water partition coefficient (Wildman–Crippen LogP) is 5.90. The number of nitrogens with zero attached hydrogens (tertiary/aromatic N) is 5. The minimum atomic E-state index is -4.70. The van der Waals surface area contributed by atoms with Crippen molar-refractivity contribution >= 4 is 52.2 Å². The molecule has 4 heterocycles. The number of imide groups is 1. The molecule has 4 N–H and O–H groups in total. The van der Waals surface area contributed by atoms with Crippen molar-refractivity contribution in [2.75, 3.05) is 61.3 Å². The number of alkyl halides is 3. The zero-order valence-electron chi connectivity index (χ0n) is 29.5. The smallest absolute Gasteiger partial charge is 0.419 e. The van der Waals surface area contributed by atoms with Gasteiger partial charge in [-0.25, -0.2) is 14.8 Å². The SMILES string of the molecule is CNC(=O)c1ccccc1Nc1cc(Nc2ccc(N3CCC(N(C)Cc4ccnc(N5CCC(=O)NC5=O)c4)CC3)cc2OC)ncc1C(F)(F)F. The van der Waals surface area contributed by atoms with Crippen LogP contribution < -0.4 is 35.8 Å². The van der Waals surface area contributed by atoms with E-state index in [-0.39, 0.29) is 35.1 Å². The zero-order valence-corrected chi connectivity index (χ0v) is 29.5. The molecule has 2 aromatic carbocycles. The summed E-state index contributed by atoms with van der Waals surface area (Å²) in [4.78, 5) is 50.6. The Kier molecular flexibility index (Phi) is 11.0. The number of hydrogen-bond acceptors (Lipinski definition) is 10. The quantitative estimate of drug-likeness (QED) is 0.147.